The van der Waals surface area contributed by atoms with Crippen LogP contribution in [-0.2, 0) is 4.74 Å². The van der Waals surface area contributed by atoms with Crippen molar-refractivity contribution >= 4 is 32.8 Å². The van der Waals surface area contributed by atoms with Crippen LogP contribution >= 0.6 is 15.9 Å². The largest absolute Gasteiger partial charge is 0.450 e. The summed E-state index contributed by atoms with van der Waals surface area (Å²) in [6.07, 6.45) is 0.700. The Hall–Kier alpha value is -2.51. The Morgan fingerprint density at radius 2 is 1.90 bits per heavy atom. The Labute approximate surface area is 181 Å². The van der Waals surface area contributed by atoms with Gasteiger partial charge in [0.15, 0.2) is 5.43 Å². The van der Waals surface area contributed by atoms with Crippen molar-refractivity contribution in [2.24, 2.45) is 0 Å². The summed E-state index contributed by atoms with van der Waals surface area (Å²) in [5.41, 5.74) is 1.06. The number of fused-ring (bicyclic) bond motifs is 2. The zero-order valence-corrected chi connectivity index (χ0v) is 18.2. The van der Waals surface area contributed by atoms with Gasteiger partial charge in [-0.05, 0) is 56.2 Å². The Morgan fingerprint density at radius 1 is 1.17 bits per heavy atom. The molecule has 1 aliphatic rings. The maximum Gasteiger partial charge on any atom is 0.290 e. The summed E-state index contributed by atoms with van der Waals surface area (Å²) in [5, 5.41) is 0.396. The molecule has 0 saturated heterocycles. The molecule has 1 amide bonds. The van der Waals surface area contributed by atoms with E-state index in [9.17, 15) is 14.0 Å². The molecule has 0 aliphatic carbocycles. The van der Waals surface area contributed by atoms with E-state index < -0.39 is 6.04 Å². The first-order chi connectivity index (χ1) is 14.4. The molecule has 1 unspecified atom stereocenters. The van der Waals surface area contributed by atoms with E-state index >= 15 is 0 Å². The van der Waals surface area contributed by atoms with Crippen LogP contribution in [0.15, 0.2) is 56.1 Å². The topological polar surface area (TPSA) is 59.8 Å². The number of carbonyl (C=O) groups is 1. The van der Waals surface area contributed by atoms with Crippen molar-refractivity contribution in [2.45, 2.75) is 32.4 Å². The van der Waals surface area contributed by atoms with Gasteiger partial charge in [0.05, 0.1) is 23.1 Å². The van der Waals surface area contributed by atoms with Gasteiger partial charge in [-0.15, -0.1) is 0 Å². The number of hydrogen-bond donors (Lipinski definition) is 0. The van der Waals surface area contributed by atoms with Crippen molar-refractivity contribution in [1.82, 2.24) is 4.90 Å². The lowest BCUT2D eigenvalue weighted by Gasteiger charge is -2.25. The van der Waals surface area contributed by atoms with Crippen molar-refractivity contribution in [1.29, 1.82) is 0 Å². The second kappa shape index (κ2) is 8.32. The van der Waals surface area contributed by atoms with Gasteiger partial charge in [0.2, 0.25) is 5.76 Å². The van der Waals surface area contributed by atoms with Gasteiger partial charge in [0, 0.05) is 17.6 Å². The molecule has 0 radical (unpaired) electrons. The highest BCUT2D eigenvalue weighted by molar-refractivity contribution is 9.10. The highest BCUT2D eigenvalue weighted by atomic mass is 79.9. The maximum atomic E-state index is 13.5. The normalized spacial score (nSPS) is 16.0. The summed E-state index contributed by atoms with van der Waals surface area (Å²) in [7, 11) is 0. The van der Waals surface area contributed by atoms with E-state index in [4.69, 9.17) is 9.15 Å². The fourth-order valence-electron chi connectivity index (χ4n) is 3.77. The summed E-state index contributed by atoms with van der Waals surface area (Å²) in [6, 6.07) is 10.3. The molecule has 1 aromatic heterocycles. The third-order valence-corrected chi connectivity index (χ3v) is 5.60. The Morgan fingerprint density at radius 3 is 2.60 bits per heavy atom. The maximum absolute atomic E-state index is 13.5. The van der Waals surface area contributed by atoms with Crippen molar-refractivity contribution in [3.63, 3.8) is 0 Å². The average Bonchev–Trinajstić information content (AvgIpc) is 2.99. The second-order valence-corrected chi connectivity index (χ2v) is 8.46. The first-order valence-electron chi connectivity index (χ1n) is 9.81. The Kier molecular flexibility index (Phi) is 5.75. The summed E-state index contributed by atoms with van der Waals surface area (Å²) in [6.45, 7) is 4.77. The number of ether oxygens (including phenoxy) is 1. The van der Waals surface area contributed by atoms with E-state index in [0.29, 0.717) is 41.7 Å². The van der Waals surface area contributed by atoms with Gasteiger partial charge in [-0.25, -0.2) is 4.39 Å². The lowest BCUT2D eigenvalue weighted by molar-refractivity contribution is 0.0593. The molecular formula is C23H21BrFNO4. The van der Waals surface area contributed by atoms with Crippen LogP contribution in [0.4, 0.5) is 4.39 Å². The minimum Gasteiger partial charge on any atom is -0.450 e. The van der Waals surface area contributed by atoms with Crippen molar-refractivity contribution in [3.8, 4) is 0 Å². The smallest absolute Gasteiger partial charge is 0.290 e. The molecule has 156 valence electrons. The molecule has 2 heterocycles. The van der Waals surface area contributed by atoms with Gasteiger partial charge in [-0.2, -0.15) is 0 Å². The minimum atomic E-state index is -0.633. The van der Waals surface area contributed by atoms with Crippen molar-refractivity contribution in [3.05, 3.63) is 79.9 Å². The number of hydrogen-bond acceptors (Lipinski definition) is 4. The Bertz CT molecular complexity index is 1160. The van der Waals surface area contributed by atoms with Gasteiger partial charge in [0.1, 0.15) is 11.4 Å². The SMILES string of the molecule is CC(C)OCCCN1C(=O)c2oc3ccc(Br)cc3c(=O)c2C1c1ccc(F)cc1. The van der Waals surface area contributed by atoms with Crippen LogP contribution in [0, 0.1) is 5.82 Å². The van der Waals surface area contributed by atoms with E-state index in [1.54, 1.807) is 35.2 Å². The van der Waals surface area contributed by atoms with Crippen LogP contribution in [0.1, 0.15) is 48.0 Å². The van der Waals surface area contributed by atoms with Crippen LogP contribution in [0.25, 0.3) is 11.0 Å². The number of halogens is 2. The molecule has 0 bridgehead atoms. The summed E-state index contributed by atoms with van der Waals surface area (Å²) < 4.78 is 25.7. The third kappa shape index (κ3) is 3.79. The lowest BCUT2D eigenvalue weighted by Crippen LogP contribution is -2.31. The number of benzene rings is 2. The van der Waals surface area contributed by atoms with Crippen LogP contribution in [0.2, 0.25) is 0 Å². The molecule has 7 heteroatoms. The standard InChI is InChI=1S/C23H21BrFNO4/c1-13(2)29-11-3-10-26-20(14-4-7-16(25)8-5-14)19-21(27)17-12-15(24)6-9-18(17)30-22(19)23(26)28/h4-9,12-13,20H,3,10-11H2,1-2H3. The van der Waals surface area contributed by atoms with Gasteiger partial charge < -0.3 is 14.1 Å². The number of rotatable bonds is 6. The van der Waals surface area contributed by atoms with Crippen LogP contribution < -0.4 is 5.43 Å². The predicted molar refractivity (Wildman–Crippen MR) is 115 cm³/mol. The van der Waals surface area contributed by atoms with Gasteiger partial charge in [-0.1, -0.05) is 28.1 Å². The highest BCUT2D eigenvalue weighted by Gasteiger charge is 2.42. The molecule has 0 fully saturated rings. The van der Waals surface area contributed by atoms with E-state index in [0.717, 1.165) is 4.47 Å². The molecule has 1 aliphatic heterocycles. The molecule has 0 saturated carbocycles. The minimum absolute atomic E-state index is 0.0499. The first-order valence-corrected chi connectivity index (χ1v) is 10.6. The van der Waals surface area contributed by atoms with Crippen LogP contribution in [-0.4, -0.2) is 30.1 Å². The zero-order chi connectivity index (χ0) is 21.4. The number of nitrogens with zero attached hydrogens (tertiary/aromatic N) is 1. The Balaban J connectivity index is 1.81. The molecule has 0 spiro atoms. The monoisotopic (exact) mass is 473 g/mol. The quantitative estimate of drug-likeness (QED) is 0.469. The van der Waals surface area contributed by atoms with Gasteiger partial charge >= 0.3 is 0 Å². The molecule has 5 nitrogen and oxygen atoms in total. The summed E-state index contributed by atoms with van der Waals surface area (Å²) in [4.78, 5) is 28.2. The van der Waals surface area contributed by atoms with Gasteiger partial charge in [0.25, 0.3) is 5.91 Å². The number of carbonyl (C=O) groups excluding carboxylic acids is 1. The predicted octanol–water partition coefficient (Wildman–Crippen LogP) is 5.05. The molecule has 30 heavy (non-hydrogen) atoms. The van der Waals surface area contributed by atoms with E-state index in [1.807, 2.05) is 13.8 Å². The molecule has 3 aromatic rings. The first kappa shape index (κ1) is 20.8. The second-order valence-electron chi connectivity index (χ2n) is 7.54. The lowest BCUT2D eigenvalue weighted by atomic mass is 9.98. The van der Waals surface area contributed by atoms with Crippen molar-refractivity contribution < 1.29 is 18.3 Å². The molecule has 4 rings (SSSR count). The van der Waals surface area contributed by atoms with E-state index in [2.05, 4.69) is 15.9 Å². The summed E-state index contributed by atoms with van der Waals surface area (Å²) >= 11 is 3.38. The molecule has 1 atom stereocenters. The van der Waals surface area contributed by atoms with Crippen LogP contribution in [0.3, 0.4) is 0 Å². The third-order valence-electron chi connectivity index (χ3n) is 5.11. The fourth-order valence-corrected chi connectivity index (χ4v) is 4.13. The fraction of sp³-hybridized carbons (Fsp3) is 0.304. The molecule has 0 N–H and O–H groups in total. The molecular weight excluding hydrogens is 453 g/mol. The zero-order valence-electron chi connectivity index (χ0n) is 16.7. The summed E-state index contributed by atoms with van der Waals surface area (Å²) in [5.74, 6) is -0.672. The molecule has 2 aromatic carbocycles. The van der Waals surface area contributed by atoms with Crippen LogP contribution in [0.5, 0.6) is 0 Å². The van der Waals surface area contributed by atoms with E-state index in [1.165, 1.54) is 12.1 Å². The number of amides is 1. The van der Waals surface area contributed by atoms with E-state index in [-0.39, 0.29) is 29.0 Å². The van der Waals surface area contributed by atoms with Gasteiger partial charge in [-0.3, -0.25) is 9.59 Å². The highest BCUT2D eigenvalue weighted by Crippen LogP contribution is 2.38. The van der Waals surface area contributed by atoms with Crippen molar-refractivity contribution in [2.75, 3.05) is 13.2 Å². The average molecular weight is 474 g/mol.